The quantitative estimate of drug-likeness (QED) is 0.412. The van der Waals surface area contributed by atoms with Crippen LogP contribution >= 0.6 is 11.8 Å². The summed E-state index contributed by atoms with van der Waals surface area (Å²) in [6, 6.07) is 18.3. The van der Waals surface area contributed by atoms with Crippen molar-refractivity contribution in [3.05, 3.63) is 94.1 Å². The minimum absolute atomic E-state index is 0.199. The van der Waals surface area contributed by atoms with Crippen LogP contribution in [0.5, 0.6) is 11.5 Å². The van der Waals surface area contributed by atoms with Crippen LogP contribution in [0.1, 0.15) is 16.7 Å². The number of hydrogen-bond acceptors (Lipinski definition) is 6. The number of nitrogens with one attached hydrogen (secondary N) is 1. The number of nitrogens with zero attached hydrogens (tertiary/aromatic N) is 1. The highest BCUT2D eigenvalue weighted by molar-refractivity contribution is 8.18. The number of hydrogen-bond donors (Lipinski definition) is 1. The summed E-state index contributed by atoms with van der Waals surface area (Å²) in [5.74, 6) is -0.425. The number of methoxy groups -OCH3 is 1. The van der Waals surface area contributed by atoms with Gasteiger partial charge in [-0.25, -0.2) is 4.39 Å². The zero-order valence-corrected chi connectivity index (χ0v) is 20.4. The molecule has 1 aliphatic rings. The molecular formula is C27H23FN2O5S. The summed E-state index contributed by atoms with van der Waals surface area (Å²) < 4.78 is 24.3. The zero-order chi connectivity index (χ0) is 25.7. The van der Waals surface area contributed by atoms with Gasteiger partial charge in [0.25, 0.3) is 11.1 Å². The molecule has 1 heterocycles. The molecule has 7 nitrogen and oxygen atoms in total. The second-order valence-electron chi connectivity index (χ2n) is 8.01. The maximum atomic E-state index is 13.1. The Bertz CT molecular complexity index is 1320. The molecule has 9 heteroatoms. The number of ether oxygens (including phenoxy) is 2. The Balaban J connectivity index is 1.42. The van der Waals surface area contributed by atoms with E-state index in [0.29, 0.717) is 22.7 Å². The van der Waals surface area contributed by atoms with E-state index in [-0.39, 0.29) is 23.9 Å². The topological polar surface area (TPSA) is 84.9 Å². The van der Waals surface area contributed by atoms with E-state index in [1.807, 2.05) is 19.1 Å². The SMILES string of the molecule is COc1cc(/C=C2\SC(=O)N(CC(=O)Nc3ccc(C)cc3)C2=O)ccc1OCc1ccc(F)cc1. The van der Waals surface area contributed by atoms with Crippen LogP contribution in [0.4, 0.5) is 14.9 Å². The minimum atomic E-state index is -0.542. The van der Waals surface area contributed by atoms with Crippen molar-refractivity contribution in [3.63, 3.8) is 0 Å². The van der Waals surface area contributed by atoms with Gasteiger partial charge in [0.1, 0.15) is 19.0 Å². The molecule has 0 aromatic heterocycles. The molecule has 0 bridgehead atoms. The number of carbonyl (C=O) groups is 3. The lowest BCUT2D eigenvalue weighted by atomic mass is 10.1. The van der Waals surface area contributed by atoms with E-state index >= 15 is 0 Å². The molecule has 0 aliphatic carbocycles. The van der Waals surface area contributed by atoms with Crippen LogP contribution in [-0.4, -0.2) is 35.6 Å². The normalized spacial score (nSPS) is 14.3. The number of aryl methyl sites for hydroxylation is 1. The number of amides is 3. The van der Waals surface area contributed by atoms with Gasteiger partial charge < -0.3 is 14.8 Å². The van der Waals surface area contributed by atoms with Crippen LogP contribution in [-0.2, 0) is 16.2 Å². The second-order valence-corrected chi connectivity index (χ2v) is 9.00. The van der Waals surface area contributed by atoms with Gasteiger partial charge in [0.2, 0.25) is 5.91 Å². The predicted octanol–water partition coefficient (Wildman–Crippen LogP) is 5.40. The minimum Gasteiger partial charge on any atom is -0.493 e. The van der Waals surface area contributed by atoms with Crippen molar-refractivity contribution in [3.8, 4) is 11.5 Å². The van der Waals surface area contributed by atoms with E-state index in [4.69, 9.17) is 9.47 Å². The van der Waals surface area contributed by atoms with Crippen LogP contribution in [0.25, 0.3) is 6.08 Å². The Hall–Kier alpha value is -4.11. The van der Waals surface area contributed by atoms with Crippen molar-refractivity contribution in [2.45, 2.75) is 13.5 Å². The van der Waals surface area contributed by atoms with Gasteiger partial charge in [-0.15, -0.1) is 0 Å². The van der Waals surface area contributed by atoms with Crippen LogP contribution < -0.4 is 14.8 Å². The average Bonchev–Trinajstić information content (AvgIpc) is 3.12. The third-order valence-corrected chi connectivity index (χ3v) is 6.21. The number of rotatable bonds is 8. The van der Waals surface area contributed by atoms with Crippen molar-refractivity contribution in [1.29, 1.82) is 0 Å². The van der Waals surface area contributed by atoms with Crippen LogP contribution in [0.15, 0.2) is 71.6 Å². The van der Waals surface area contributed by atoms with E-state index < -0.39 is 17.1 Å². The first-order valence-corrected chi connectivity index (χ1v) is 11.8. The fourth-order valence-corrected chi connectivity index (χ4v) is 4.24. The molecule has 3 aromatic carbocycles. The molecule has 184 valence electrons. The lowest BCUT2D eigenvalue weighted by Crippen LogP contribution is -2.36. The van der Waals surface area contributed by atoms with Crippen LogP contribution in [0.3, 0.4) is 0 Å². The molecule has 0 unspecified atom stereocenters. The molecule has 1 saturated heterocycles. The fraction of sp³-hybridized carbons (Fsp3) is 0.148. The Labute approximate surface area is 211 Å². The first kappa shape index (κ1) is 25.0. The molecule has 1 fully saturated rings. The van der Waals surface area contributed by atoms with Crippen molar-refractivity contribution in [2.75, 3.05) is 19.0 Å². The highest BCUT2D eigenvalue weighted by atomic mass is 32.2. The van der Waals surface area contributed by atoms with Gasteiger partial charge in [-0.1, -0.05) is 35.9 Å². The molecule has 3 amide bonds. The van der Waals surface area contributed by atoms with E-state index in [0.717, 1.165) is 27.8 Å². The smallest absolute Gasteiger partial charge is 0.294 e. The van der Waals surface area contributed by atoms with Crippen molar-refractivity contribution in [1.82, 2.24) is 4.90 Å². The molecular weight excluding hydrogens is 483 g/mol. The number of thioether (sulfide) groups is 1. The summed E-state index contributed by atoms with van der Waals surface area (Å²) in [7, 11) is 1.49. The molecule has 0 saturated carbocycles. The summed E-state index contributed by atoms with van der Waals surface area (Å²) in [5.41, 5.74) is 3.05. The molecule has 0 spiro atoms. The van der Waals surface area contributed by atoms with E-state index in [9.17, 15) is 18.8 Å². The van der Waals surface area contributed by atoms with Crippen molar-refractivity contribution in [2.24, 2.45) is 0 Å². The van der Waals surface area contributed by atoms with Gasteiger partial charge >= 0.3 is 0 Å². The van der Waals surface area contributed by atoms with Gasteiger partial charge in [-0.3, -0.25) is 19.3 Å². The summed E-state index contributed by atoms with van der Waals surface area (Å²) in [6.45, 7) is 1.78. The molecule has 0 atom stereocenters. The van der Waals surface area contributed by atoms with E-state index in [2.05, 4.69) is 5.32 Å². The first-order chi connectivity index (χ1) is 17.3. The Morgan fingerprint density at radius 2 is 1.75 bits per heavy atom. The largest absolute Gasteiger partial charge is 0.493 e. The van der Waals surface area contributed by atoms with E-state index in [1.54, 1.807) is 48.5 Å². The van der Waals surface area contributed by atoms with Crippen molar-refractivity contribution >= 4 is 40.6 Å². The zero-order valence-electron chi connectivity index (χ0n) is 19.6. The van der Waals surface area contributed by atoms with Gasteiger partial charge in [0, 0.05) is 5.69 Å². The average molecular weight is 507 g/mol. The Kier molecular flexibility index (Phi) is 7.70. The lowest BCUT2D eigenvalue weighted by molar-refractivity contribution is -0.127. The summed E-state index contributed by atoms with van der Waals surface area (Å²) >= 11 is 0.769. The number of benzene rings is 3. The van der Waals surface area contributed by atoms with E-state index in [1.165, 1.54) is 19.2 Å². The fourth-order valence-electron chi connectivity index (χ4n) is 3.40. The molecule has 4 rings (SSSR count). The molecule has 0 radical (unpaired) electrons. The maximum Gasteiger partial charge on any atom is 0.294 e. The molecule has 1 aliphatic heterocycles. The van der Waals surface area contributed by atoms with Crippen LogP contribution in [0, 0.1) is 12.7 Å². The molecule has 1 N–H and O–H groups in total. The molecule has 36 heavy (non-hydrogen) atoms. The van der Waals surface area contributed by atoms with Gasteiger partial charge in [0.15, 0.2) is 11.5 Å². The third-order valence-electron chi connectivity index (χ3n) is 5.30. The summed E-state index contributed by atoms with van der Waals surface area (Å²) in [5, 5.41) is 2.17. The van der Waals surface area contributed by atoms with Gasteiger partial charge in [0.05, 0.1) is 12.0 Å². The highest BCUT2D eigenvalue weighted by Crippen LogP contribution is 2.34. The predicted molar refractivity (Wildman–Crippen MR) is 136 cm³/mol. The van der Waals surface area contributed by atoms with Gasteiger partial charge in [-0.2, -0.15) is 0 Å². The third kappa shape index (κ3) is 6.11. The summed E-state index contributed by atoms with van der Waals surface area (Å²) in [6.07, 6.45) is 1.56. The Morgan fingerprint density at radius 3 is 2.44 bits per heavy atom. The Morgan fingerprint density at radius 1 is 1.03 bits per heavy atom. The standard InChI is InChI=1S/C27H23FN2O5S/c1-17-3-10-21(11-4-17)29-25(31)15-30-26(32)24(36-27(30)33)14-19-7-12-22(23(13-19)34-2)35-16-18-5-8-20(28)9-6-18/h3-14H,15-16H2,1-2H3,(H,29,31)/b24-14-. The number of anilines is 1. The number of carbonyl (C=O) groups excluding carboxylic acids is 3. The van der Waals surface area contributed by atoms with Gasteiger partial charge in [-0.05, 0) is 72.3 Å². The summed E-state index contributed by atoms with van der Waals surface area (Å²) in [4.78, 5) is 38.7. The second kappa shape index (κ2) is 11.1. The molecule has 3 aromatic rings. The van der Waals surface area contributed by atoms with Crippen molar-refractivity contribution < 1.29 is 28.2 Å². The highest BCUT2D eigenvalue weighted by Gasteiger charge is 2.36. The lowest BCUT2D eigenvalue weighted by Gasteiger charge is -2.13. The first-order valence-electron chi connectivity index (χ1n) is 11.0. The number of imide groups is 1. The monoisotopic (exact) mass is 506 g/mol. The van der Waals surface area contributed by atoms with Crippen LogP contribution in [0.2, 0.25) is 0 Å². The maximum absolute atomic E-state index is 13.1. The number of halogens is 1.